The van der Waals surface area contributed by atoms with Gasteiger partial charge in [-0.25, -0.2) is 9.18 Å². The molecule has 1 aliphatic rings. The quantitative estimate of drug-likeness (QED) is 0.199. The highest BCUT2D eigenvalue weighted by molar-refractivity contribution is 6.35. The van der Waals surface area contributed by atoms with E-state index in [9.17, 15) is 14.4 Å². The zero-order valence-electron chi connectivity index (χ0n) is 20.2. The number of benzene rings is 4. The fourth-order valence-electron chi connectivity index (χ4n) is 4.15. The average molecular weight is 561 g/mol. The smallest absolute Gasteiger partial charge is 0.343 e. The molecule has 0 radical (unpaired) electrons. The second-order valence-corrected chi connectivity index (χ2v) is 9.46. The molecule has 1 aliphatic heterocycles. The number of nitriles is 1. The molecule has 0 spiro atoms. The van der Waals surface area contributed by atoms with Crippen molar-refractivity contribution in [1.82, 2.24) is 0 Å². The Hall–Kier alpha value is -4.51. The molecule has 1 unspecified atom stereocenters. The van der Waals surface area contributed by atoms with Crippen LogP contribution in [0.3, 0.4) is 0 Å². The molecule has 6 nitrogen and oxygen atoms in total. The monoisotopic (exact) mass is 560 g/mol. The first kappa shape index (κ1) is 26.1. The molecule has 0 aliphatic carbocycles. The Morgan fingerprint density at radius 3 is 2.38 bits per heavy atom. The van der Waals surface area contributed by atoms with Gasteiger partial charge in [-0.3, -0.25) is 0 Å². The molecule has 1 heterocycles. The van der Waals surface area contributed by atoms with Crippen molar-refractivity contribution in [2.45, 2.75) is 12.5 Å². The maximum absolute atomic E-state index is 13.2. The van der Waals surface area contributed by atoms with E-state index >= 15 is 0 Å². The Bertz CT molecular complexity index is 1630. The molecule has 0 saturated heterocycles. The van der Waals surface area contributed by atoms with E-state index in [1.807, 2.05) is 12.1 Å². The van der Waals surface area contributed by atoms with Gasteiger partial charge in [0.15, 0.2) is 0 Å². The minimum absolute atomic E-state index is 0.0466. The van der Waals surface area contributed by atoms with E-state index in [1.165, 1.54) is 30.3 Å². The van der Waals surface area contributed by atoms with Crippen molar-refractivity contribution in [3.05, 3.63) is 135 Å². The van der Waals surface area contributed by atoms with Crippen LogP contribution in [0.15, 0.2) is 96.4 Å². The molecule has 0 aromatic heterocycles. The zero-order chi connectivity index (χ0) is 27.5. The first-order valence-corrected chi connectivity index (χ1v) is 12.4. The molecule has 1 atom stereocenters. The molecule has 0 bridgehead atoms. The van der Waals surface area contributed by atoms with E-state index in [1.54, 1.807) is 42.5 Å². The highest BCUT2D eigenvalue weighted by atomic mass is 35.5. The topological polar surface area (TPSA) is 94.6 Å². The molecular formula is C30H19Cl2FN2O4. The van der Waals surface area contributed by atoms with Crippen molar-refractivity contribution in [2.24, 2.45) is 5.73 Å². The van der Waals surface area contributed by atoms with Crippen molar-refractivity contribution in [1.29, 1.82) is 5.26 Å². The van der Waals surface area contributed by atoms with Gasteiger partial charge >= 0.3 is 5.97 Å². The molecule has 0 amide bonds. The minimum atomic E-state index is -0.654. The van der Waals surface area contributed by atoms with Crippen LogP contribution in [0.2, 0.25) is 10.0 Å². The van der Waals surface area contributed by atoms with E-state index in [2.05, 4.69) is 6.07 Å². The Morgan fingerprint density at radius 1 is 0.974 bits per heavy atom. The van der Waals surface area contributed by atoms with Gasteiger partial charge < -0.3 is 19.9 Å². The number of fused-ring (bicyclic) bond motifs is 1. The van der Waals surface area contributed by atoms with Gasteiger partial charge in [0, 0.05) is 27.2 Å². The molecule has 4 aromatic carbocycles. The predicted molar refractivity (Wildman–Crippen MR) is 144 cm³/mol. The van der Waals surface area contributed by atoms with E-state index in [-0.39, 0.29) is 29.4 Å². The highest BCUT2D eigenvalue weighted by Crippen LogP contribution is 2.43. The van der Waals surface area contributed by atoms with Crippen molar-refractivity contribution in [2.75, 3.05) is 0 Å². The third-order valence-corrected chi connectivity index (χ3v) is 6.69. The first-order valence-electron chi connectivity index (χ1n) is 11.7. The lowest BCUT2D eigenvalue weighted by atomic mass is 9.83. The number of allylic oxidation sites excluding steroid dienone is 1. The summed E-state index contributed by atoms with van der Waals surface area (Å²) in [5, 5.41) is 10.9. The Balaban J connectivity index is 1.37. The van der Waals surface area contributed by atoms with Gasteiger partial charge in [-0.05, 0) is 60.2 Å². The summed E-state index contributed by atoms with van der Waals surface area (Å²) in [6.07, 6.45) is 0. The lowest BCUT2D eigenvalue weighted by Gasteiger charge is -2.26. The number of esters is 1. The average Bonchev–Trinajstić information content (AvgIpc) is 2.92. The summed E-state index contributed by atoms with van der Waals surface area (Å²) in [7, 11) is 0. The molecule has 9 heteroatoms. The van der Waals surface area contributed by atoms with Gasteiger partial charge in [-0.15, -0.1) is 0 Å². The van der Waals surface area contributed by atoms with E-state index in [0.29, 0.717) is 27.1 Å². The molecule has 2 N–H and O–H groups in total. The molecule has 39 heavy (non-hydrogen) atoms. The maximum atomic E-state index is 13.2. The number of rotatable bonds is 6. The number of hydrogen-bond acceptors (Lipinski definition) is 6. The second kappa shape index (κ2) is 11.1. The van der Waals surface area contributed by atoms with Crippen LogP contribution < -0.4 is 19.9 Å². The lowest BCUT2D eigenvalue weighted by molar-refractivity contribution is 0.0734. The van der Waals surface area contributed by atoms with Crippen LogP contribution in [0.1, 0.15) is 33.0 Å². The van der Waals surface area contributed by atoms with E-state index in [4.69, 9.17) is 43.1 Å². The van der Waals surface area contributed by atoms with E-state index < -0.39 is 17.7 Å². The molecule has 194 valence electrons. The van der Waals surface area contributed by atoms with Crippen LogP contribution in [0.5, 0.6) is 17.2 Å². The van der Waals surface area contributed by atoms with Crippen molar-refractivity contribution >= 4 is 29.2 Å². The maximum Gasteiger partial charge on any atom is 0.343 e. The largest absolute Gasteiger partial charge is 0.489 e. The summed E-state index contributed by atoms with van der Waals surface area (Å²) in [5.74, 6) is -0.510. The SMILES string of the molecule is N#CC1=C(N)Oc2cc(OC(=O)c3ccc(F)cc3)ccc2C1c1ccc(OCc2ccc(Cl)cc2Cl)cc1. The third kappa shape index (κ3) is 5.68. The van der Waals surface area contributed by atoms with Crippen LogP contribution >= 0.6 is 23.2 Å². The number of carbonyl (C=O) groups is 1. The fourth-order valence-corrected chi connectivity index (χ4v) is 4.61. The van der Waals surface area contributed by atoms with Crippen LogP contribution in [0.25, 0.3) is 0 Å². The summed E-state index contributed by atoms with van der Waals surface area (Å²) in [6.45, 7) is 0.255. The Labute approximate surface area is 233 Å². The lowest BCUT2D eigenvalue weighted by Crippen LogP contribution is -2.21. The zero-order valence-corrected chi connectivity index (χ0v) is 21.7. The Kier molecular flexibility index (Phi) is 7.42. The number of nitrogens with zero attached hydrogens (tertiary/aromatic N) is 1. The number of hydrogen-bond donors (Lipinski definition) is 1. The standard InChI is InChI=1S/C30H19Cl2FN2O4/c31-20-6-1-19(26(32)13-20)16-37-22-9-4-17(5-10-22)28-24-12-11-23(14-27(24)39-29(35)25(28)15-34)38-30(36)18-2-7-21(33)8-3-18/h1-14,28H,16,35H2. The van der Waals surface area contributed by atoms with Crippen LogP contribution in [-0.2, 0) is 6.61 Å². The summed E-state index contributed by atoms with van der Waals surface area (Å²) >= 11 is 12.2. The molecule has 4 aromatic rings. The summed E-state index contributed by atoms with van der Waals surface area (Å²) in [6, 6.07) is 24.5. The van der Waals surface area contributed by atoms with Gasteiger partial charge in [0.2, 0.25) is 5.88 Å². The molecular weight excluding hydrogens is 542 g/mol. The van der Waals surface area contributed by atoms with Gasteiger partial charge in [0.1, 0.15) is 41.3 Å². The normalized spacial score (nSPS) is 14.2. The second-order valence-electron chi connectivity index (χ2n) is 8.61. The van der Waals surface area contributed by atoms with Crippen molar-refractivity contribution in [3.63, 3.8) is 0 Å². The van der Waals surface area contributed by atoms with Crippen LogP contribution in [-0.4, -0.2) is 5.97 Å². The summed E-state index contributed by atoms with van der Waals surface area (Å²) < 4.78 is 30.2. The van der Waals surface area contributed by atoms with Gasteiger partial charge in [-0.1, -0.05) is 47.5 Å². The molecule has 5 rings (SSSR count). The number of nitrogens with two attached hydrogens (primary N) is 1. The van der Waals surface area contributed by atoms with Gasteiger partial charge in [0.25, 0.3) is 0 Å². The predicted octanol–water partition coefficient (Wildman–Crippen LogP) is 7.15. The Morgan fingerprint density at radius 2 is 1.69 bits per heavy atom. The number of ether oxygens (including phenoxy) is 3. The molecule has 0 fully saturated rings. The third-order valence-electron chi connectivity index (χ3n) is 6.10. The fraction of sp³-hybridized carbons (Fsp3) is 0.0667. The highest BCUT2D eigenvalue weighted by Gasteiger charge is 2.31. The van der Waals surface area contributed by atoms with Crippen molar-refractivity contribution < 1.29 is 23.4 Å². The first-order chi connectivity index (χ1) is 18.8. The van der Waals surface area contributed by atoms with Crippen LogP contribution in [0.4, 0.5) is 4.39 Å². The minimum Gasteiger partial charge on any atom is -0.489 e. The van der Waals surface area contributed by atoms with Crippen molar-refractivity contribution in [3.8, 4) is 23.3 Å². The summed E-state index contributed by atoms with van der Waals surface area (Å²) in [5.41, 5.74) is 8.79. The van der Waals surface area contributed by atoms with Gasteiger partial charge in [0.05, 0.1) is 11.5 Å². The van der Waals surface area contributed by atoms with Crippen LogP contribution in [0, 0.1) is 17.1 Å². The summed E-state index contributed by atoms with van der Waals surface area (Å²) in [4.78, 5) is 12.5. The number of carbonyl (C=O) groups excluding carboxylic acids is 1. The van der Waals surface area contributed by atoms with Gasteiger partial charge in [-0.2, -0.15) is 5.26 Å². The van der Waals surface area contributed by atoms with E-state index in [0.717, 1.165) is 11.1 Å². The molecule has 0 saturated carbocycles. The number of halogens is 3.